The van der Waals surface area contributed by atoms with Crippen molar-refractivity contribution >= 4 is 16.0 Å². The zero-order valence-corrected chi connectivity index (χ0v) is 14.6. The van der Waals surface area contributed by atoms with Gasteiger partial charge < -0.3 is 9.84 Å². The summed E-state index contributed by atoms with van der Waals surface area (Å²) in [7, 11) is -4.10. The lowest BCUT2D eigenvalue weighted by atomic mass is 9.89. The van der Waals surface area contributed by atoms with Gasteiger partial charge in [0, 0.05) is 0 Å². The molecule has 8 heteroatoms. The molecule has 1 aromatic rings. The molecule has 0 unspecified atom stereocenters. The highest BCUT2D eigenvalue weighted by atomic mass is 32.2. The van der Waals surface area contributed by atoms with Gasteiger partial charge in [0.25, 0.3) is 0 Å². The van der Waals surface area contributed by atoms with Crippen LogP contribution in [0.1, 0.15) is 45.0 Å². The number of aromatic carboxylic acids is 1. The van der Waals surface area contributed by atoms with Crippen molar-refractivity contribution in [2.75, 3.05) is 6.61 Å². The molecule has 6 nitrogen and oxygen atoms in total. The van der Waals surface area contributed by atoms with E-state index >= 15 is 0 Å². The Labute approximate surface area is 135 Å². The minimum atomic E-state index is -4.10. The number of alkyl halides is 1. The molecule has 0 radical (unpaired) electrons. The maximum Gasteiger partial charge on any atom is 0.339 e. The van der Waals surface area contributed by atoms with Crippen molar-refractivity contribution in [1.29, 1.82) is 0 Å². The van der Waals surface area contributed by atoms with E-state index in [9.17, 15) is 22.7 Å². The average molecular weight is 347 g/mol. The summed E-state index contributed by atoms with van der Waals surface area (Å²) in [4.78, 5) is 11.0. The second-order valence-electron chi connectivity index (χ2n) is 6.10. The van der Waals surface area contributed by atoms with E-state index in [0.29, 0.717) is 0 Å². The monoisotopic (exact) mass is 347 g/mol. The second kappa shape index (κ2) is 6.45. The first-order valence-electron chi connectivity index (χ1n) is 7.05. The Bertz CT molecular complexity index is 692. The summed E-state index contributed by atoms with van der Waals surface area (Å²) in [6.45, 7) is 7.28. The summed E-state index contributed by atoms with van der Waals surface area (Å²) in [6, 6.07) is 3.49. The molecule has 0 atom stereocenters. The minimum absolute atomic E-state index is 0.0732. The molecule has 2 N–H and O–H groups in total. The fourth-order valence-corrected chi connectivity index (χ4v) is 3.19. The Morgan fingerprint density at radius 3 is 2.30 bits per heavy atom. The third kappa shape index (κ3) is 4.42. The highest BCUT2D eigenvalue weighted by Crippen LogP contribution is 2.28. The van der Waals surface area contributed by atoms with E-state index in [4.69, 9.17) is 4.74 Å². The minimum Gasteiger partial charge on any atom is -0.493 e. The fraction of sp³-hybridized carbons (Fsp3) is 0.533. The van der Waals surface area contributed by atoms with Gasteiger partial charge >= 0.3 is 5.97 Å². The van der Waals surface area contributed by atoms with E-state index in [1.54, 1.807) is 6.92 Å². The van der Waals surface area contributed by atoms with Crippen molar-refractivity contribution in [1.82, 2.24) is 4.72 Å². The zero-order valence-electron chi connectivity index (χ0n) is 13.8. The predicted molar refractivity (Wildman–Crippen MR) is 84.2 cm³/mol. The number of nitrogens with one attached hydrogen (secondary N) is 1. The average Bonchev–Trinajstić information content (AvgIpc) is 2.36. The van der Waals surface area contributed by atoms with Crippen LogP contribution in [0, 0.1) is 0 Å². The summed E-state index contributed by atoms with van der Waals surface area (Å²) in [5, 5.41) is 9.19. The molecule has 0 amide bonds. The lowest BCUT2D eigenvalue weighted by Gasteiger charge is -2.35. The van der Waals surface area contributed by atoms with Gasteiger partial charge in [-0.2, -0.15) is 0 Å². The van der Waals surface area contributed by atoms with Crippen molar-refractivity contribution < 1.29 is 27.4 Å². The number of ether oxygens (including phenoxy) is 1. The lowest BCUT2D eigenvalue weighted by molar-refractivity contribution is 0.0692. The molecule has 0 aliphatic rings. The van der Waals surface area contributed by atoms with Crippen LogP contribution >= 0.6 is 0 Å². The van der Waals surface area contributed by atoms with Crippen LogP contribution in [0.2, 0.25) is 0 Å². The van der Waals surface area contributed by atoms with Crippen LogP contribution in [0.5, 0.6) is 5.75 Å². The van der Waals surface area contributed by atoms with Crippen molar-refractivity contribution in [2.45, 2.75) is 50.7 Å². The topological polar surface area (TPSA) is 92.7 Å². The molecule has 0 saturated heterocycles. The van der Waals surface area contributed by atoms with E-state index in [1.807, 2.05) is 0 Å². The second-order valence-corrected chi connectivity index (χ2v) is 7.78. The van der Waals surface area contributed by atoms with Crippen LogP contribution in [0.4, 0.5) is 4.39 Å². The van der Waals surface area contributed by atoms with E-state index in [0.717, 1.165) is 6.07 Å². The van der Waals surface area contributed by atoms with Crippen LogP contribution in [0.25, 0.3) is 0 Å². The van der Waals surface area contributed by atoms with Crippen molar-refractivity contribution in [3.8, 4) is 5.75 Å². The molecule has 0 fully saturated rings. The summed E-state index contributed by atoms with van der Waals surface area (Å²) >= 11 is 0. The lowest BCUT2D eigenvalue weighted by Crippen LogP contribution is -2.55. The first kappa shape index (κ1) is 19.4. The van der Waals surface area contributed by atoms with Gasteiger partial charge in [-0.3, -0.25) is 0 Å². The number of rotatable bonds is 7. The van der Waals surface area contributed by atoms with Gasteiger partial charge in [-0.15, -0.1) is 0 Å². The van der Waals surface area contributed by atoms with Crippen LogP contribution in [-0.2, 0) is 10.0 Å². The summed E-state index contributed by atoms with van der Waals surface area (Å²) in [6.07, 6.45) is 0. The molecule has 0 spiro atoms. The molecule has 0 saturated carbocycles. The van der Waals surface area contributed by atoms with Gasteiger partial charge in [0.2, 0.25) is 10.0 Å². The van der Waals surface area contributed by atoms with Gasteiger partial charge in [-0.1, -0.05) is 0 Å². The molecule has 130 valence electrons. The van der Waals surface area contributed by atoms with E-state index in [1.165, 1.54) is 39.8 Å². The van der Waals surface area contributed by atoms with Gasteiger partial charge in [-0.25, -0.2) is 22.3 Å². The molecule has 1 rings (SSSR count). The number of hydrogen-bond donors (Lipinski definition) is 2. The maximum absolute atomic E-state index is 14.1. The largest absolute Gasteiger partial charge is 0.493 e. The van der Waals surface area contributed by atoms with E-state index < -0.39 is 27.2 Å². The smallest absolute Gasteiger partial charge is 0.339 e. The quantitative estimate of drug-likeness (QED) is 0.791. The predicted octanol–water partition coefficient (Wildman–Crippen LogP) is 2.59. The van der Waals surface area contributed by atoms with Crippen molar-refractivity contribution in [3.05, 3.63) is 23.8 Å². The van der Waals surface area contributed by atoms with Crippen LogP contribution in [0.3, 0.4) is 0 Å². The van der Waals surface area contributed by atoms with Gasteiger partial charge in [0.05, 0.1) is 17.0 Å². The standard InChI is InChI=1S/C15H22FNO5S/c1-6-22-12-8-7-10(9-11(12)13(18)19)23(20,21)17-15(4,5)14(2,3)16/h7-9,17H,6H2,1-5H3,(H,18,19). The molecule has 0 aromatic heterocycles. The molecule has 0 aliphatic carbocycles. The number of hydrogen-bond acceptors (Lipinski definition) is 4. The van der Waals surface area contributed by atoms with Gasteiger partial charge in [0.1, 0.15) is 17.0 Å². The summed E-state index contributed by atoms with van der Waals surface area (Å²) in [5.74, 6) is -1.24. The van der Waals surface area contributed by atoms with Crippen LogP contribution in [-0.4, -0.2) is 37.3 Å². The Balaban J connectivity index is 3.30. The molecule has 0 bridgehead atoms. The molecule has 1 aromatic carbocycles. The summed E-state index contributed by atoms with van der Waals surface area (Å²) < 4.78 is 46.4. The number of halogens is 1. The molecule has 0 heterocycles. The maximum atomic E-state index is 14.1. The number of carboxylic acids is 1. The van der Waals surface area contributed by atoms with Crippen molar-refractivity contribution in [2.24, 2.45) is 0 Å². The number of carbonyl (C=O) groups is 1. The Hall–Kier alpha value is -1.67. The number of sulfonamides is 1. The van der Waals surface area contributed by atoms with Gasteiger partial charge in [0.15, 0.2) is 0 Å². The third-order valence-corrected chi connectivity index (χ3v) is 5.32. The number of benzene rings is 1. The highest BCUT2D eigenvalue weighted by molar-refractivity contribution is 7.89. The fourth-order valence-electron chi connectivity index (χ4n) is 1.64. The molecular formula is C15H22FNO5S. The Kier molecular flexibility index (Phi) is 5.43. The SMILES string of the molecule is CCOc1ccc(S(=O)(=O)NC(C)(C)C(C)(C)F)cc1C(=O)O. The van der Waals surface area contributed by atoms with Gasteiger partial charge in [-0.05, 0) is 52.8 Å². The Morgan fingerprint density at radius 1 is 1.30 bits per heavy atom. The van der Waals surface area contributed by atoms with Crippen LogP contribution in [0.15, 0.2) is 23.1 Å². The number of carboxylic acid groups (broad SMARTS) is 1. The normalized spacial score (nSPS) is 13.0. The summed E-state index contributed by atoms with van der Waals surface area (Å²) in [5.41, 5.74) is -3.47. The first-order chi connectivity index (χ1) is 10.3. The highest BCUT2D eigenvalue weighted by Gasteiger charge is 2.40. The first-order valence-corrected chi connectivity index (χ1v) is 8.53. The van der Waals surface area contributed by atoms with Crippen LogP contribution < -0.4 is 9.46 Å². The van der Waals surface area contributed by atoms with E-state index in [-0.39, 0.29) is 22.8 Å². The molecule has 0 aliphatic heterocycles. The molecule has 23 heavy (non-hydrogen) atoms. The Morgan fingerprint density at radius 2 is 1.87 bits per heavy atom. The molecular weight excluding hydrogens is 325 g/mol. The zero-order chi connectivity index (χ0) is 18.1. The van der Waals surface area contributed by atoms with Crippen molar-refractivity contribution in [3.63, 3.8) is 0 Å². The third-order valence-electron chi connectivity index (χ3n) is 3.67. The van der Waals surface area contributed by atoms with E-state index in [2.05, 4.69) is 4.72 Å².